The lowest BCUT2D eigenvalue weighted by atomic mass is 9.86. The van der Waals surface area contributed by atoms with E-state index in [-0.39, 0.29) is 11.7 Å². The lowest BCUT2D eigenvalue weighted by molar-refractivity contribution is -0.124. The second-order valence-corrected chi connectivity index (χ2v) is 6.70. The van der Waals surface area contributed by atoms with Gasteiger partial charge in [-0.05, 0) is 41.8 Å². The van der Waals surface area contributed by atoms with E-state index in [0.29, 0.717) is 12.3 Å². The molecule has 0 saturated carbocycles. The topological polar surface area (TPSA) is 83.6 Å². The van der Waals surface area contributed by atoms with E-state index < -0.39 is 12.0 Å². The summed E-state index contributed by atoms with van der Waals surface area (Å²) in [6, 6.07) is 8.98. The zero-order valence-electron chi connectivity index (χ0n) is 14.2. The van der Waals surface area contributed by atoms with Crippen molar-refractivity contribution in [1.29, 1.82) is 0 Å². The van der Waals surface area contributed by atoms with E-state index in [2.05, 4.69) is 10.3 Å². The van der Waals surface area contributed by atoms with Gasteiger partial charge in [0.15, 0.2) is 11.5 Å². The van der Waals surface area contributed by atoms with Gasteiger partial charge in [-0.3, -0.25) is 4.79 Å². The normalized spacial score (nSPS) is 21.0. The second kappa shape index (κ2) is 5.42. The van der Waals surface area contributed by atoms with Crippen LogP contribution in [0.25, 0.3) is 10.9 Å². The van der Waals surface area contributed by atoms with E-state index in [0.717, 1.165) is 34.2 Å². The van der Waals surface area contributed by atoms with E-state index in [4.69, 9.17) is 9.47 Å². The summed E-state index contributed by atoms with van der Waals surface area (Å²) >= 11 is 0. The molecule has 0 bridgehead atoms. The number of H-pyrrole nitrogens is 1. The third-order valence-electron chi connectivity index (χ3n) is 5.30. The maximum Gasteiger partial charge on any atom is 0.231 e. The number of amides is 1. The van der Waals surface area contributed by atoms with Crippen molar-refractivity contribution in [2.75, 3.05) is 13.7 Å². The highest BCUT2D eigenvalue weighted by Crippen LogP contribution is 2.51. The van der Waals surface area contributed by atoms with E-state index in [1.54, 1.807) is 18.2 Å². The predicted octanol–water partition coefficient (Wildman–Crippen LogP) is 2.77. The molecule has 5 rings (SSSR count). The van der Waals surface area contributed by atoms with Gasteiger partial charge in [-0.1, -0.05) is 6.07 Å². The molecule has 1 aromatic heterocycles. The summed E-state index contributed by atoms with van der Waals surface area (Å²) in [6.45, 7) is 0.595. The quantitative estimate of drug-likeness (QED) is 0.664. The molecule has 26 heavy (non-hydrogen) atoms. The molecule has 3 heterocycles. The van der Waals surface area contributed by atoms with Crippen LogP contribution in [-0.2, 0) is 11.2 Å². The predicted molar refractivity (Wildman–Crippen MR) is 95.8 cm³/mol. The zero-order valence-corrected chi connectivity index (χ0v) is 14.2. The van der Waals surface area contributed by atoms with Crippen LogP contribution in [0.5, 0.6) is 17.2 Å². The van der Waals surface area contributed by atoms with E-state index in [1.165, 1.54) is 12.7 Å². The molecular weight excluding hydrogens is 332 g/mol. The van der Waals surface area contributed by atoms with Crippen LogP contribution in [0.4, 0.5) is 0 Å². The van der Waals surface area contributed by atoms with Crippen molar-refractivity contribution < 1.29 is 19.4 Å². The number of carbonyl (C=O) groups excluding carboxylic acids is 1. The summed E-state index contributed by atoms with van der Waals surface area (Å²) in [7, 11) is 1.50. The molecule has 0 fully saturated rings. The van der Waals surface area contributed by atoms with Crippen molar-refractivity contribution in [3.05, 3.63) is 53.2 Å². The second-order valence-electron chi connectivity index (χ2n) is 6.70. The van der Waals surface area contributed by atoms with Gasteiger partial charge in [0.1, 0.15) is 17.8 Å². The van der Waals surface area contributed by atoms with Gasteiger partial charge >= 0.3 is 0 Å². The maximum absolute atomic E-state index is 12.9. The number of ether oxygens (including phenoxy) is 2. The fourth-order valence-corrected chi connectivity index (χ4v) is 4.10. The number of aromatic nitrogens is 1. The molecule has 3 N–H and O–H groups in total. The highest BCUT2D eigenvalue weighted by atomic mass is 16.5. The molecule has 6 heteroatoms. The smallest absolute Gasteiger partial charge is 0.231 e. The van der Waals surface area contributed by atoms with Crippen molar-refractivity contribution in [2.45, 2.75) is 18.4 Å². The molecule has 6 nitrogen and oxygen atoms in total. The highest BCUT2D eigenvalue weighted by Gasteiger charge is 2.43. The van der Waals surface area contributed by atoms with Gasteiger partial charge in [0.05, 0.1) is 7.11 Å². The molecule has 0 unspecified atom stereocenters. The molecule has 3 aromatic rings. The van der Waals surface area contributed by atoms with Crippen LogP contribution in [0.1, 0.15) is 28.7 Å². The van der Waals surface area contributed by atoms with Gasteiger partial charge < -0.3 is 24.9 Å². The standard InChI is InChI=1S/C20H18N2O4/c1-25-15-8-10(2-4-13(15)23)19-18-17-14(26-19)5-3-12-16(17)11(9-22-12)6-7-21-20(18)24/h2-5,8-9,18-19,22-23H,6-7H2,1H3,(H,21,24)/t18-,19+/m0/s1. The summed E-state index contributed by atoms with van der Waals surface area (Å²) in [5.74, 6) is 0.667. The Morgan fingerprint density at radius 1 is 1.27 bits per heavy atom. The number of aromatic hydroxyl groups is 1. The summed E-state index contributed by atoms with van der Waals surface area (Å²) in [4.78, 5) is 16.2. The minimum Gasteiger partial charge on any atom is -0.504 e. The largest absolute Gasteiger partial charge is 0.504 e. The Hall–Kier alpha value is -3.15. The fraction of sp³-hybridized carbons (Fsp3) is 0.250. The van der Waals surface area contributed by atoms with E-state index >= 15 is 0 Å². The molecule has 0 radical (unpaired) electrons. The van der Waals surface area contributed by atoms with Crippen LogP contribution < -0.4 is 14.8 Å². The number of benzene rings is 2. The van der Waals surface area contributed by atoms with Gasteiger partial charge in [0, 0.05) is 29.2 Å². The zero-order chi connectivity index (χ0) is 17.8. The molecule has 2 atom stereocenters. The molecule has 0 saturated heterocycles. The number of methoxy groups -OCH3 is 1. The molecule has 0 spiro atoms. The SMILES string of the molecule is COc1cc([C@H]2Oc3ccc4[nH]cc5c4c3[C@@H]2C(=O)NCC5)ccc1O. The molecule has 2 aliphatic heterocycles. The summed E-state index contributed by atoms with van der Waals surface area (Å²) in [5, 5.41) is 14.0. The van der Waals surface area contributed by atoms with Crippen molar-refractivity contribution in [2.24, 2.45) is 0 Å². The summed E-state index contributed by atoms with van der Waals surface area (Å²) < 4.78 is 11.4. The van der Waals surface area contributed by atoms with Crippen LogP contribution in [-0.4, -0.2) is 29.7 Å². The van der Waals surface area contributed by atoms with Gasteiger partial charge in [-0.2, -0.15) is 0 Å². The first-order chi connectivity index (χ1) is 12.7. The molecule has 0 aliphatic carbocycles. The van der Waals surface area contributed by atoms with Crippen molar-refractivity contribution in [3.63, 3.8) is 0 Å². The third-order valence-corrected chi connectivity index (χ3v) is 5.30. The lowest BCUT2D eigenvalue weighted by Crippen LogP contribution is -2.34. The highest BCUT2D eigenvalue weighted by molar-refractivity contribution is 5.97. The van der Waals surface area contributed by atoms with Gasteiger partial charge in [-0.25, -0.2) is 0 Å². The van der Waals surface area contributed by atoms with Crippen LogP contribution in [0.15, 0.2) is 36.5 Å². The maximum atomic E-state index is 12.9. The third kappa shape index (κ3) is 2.02. The van der Waals surface area contributed by atoms with Crippen molar-refractivity contribution in [3.8, 4) is 17.2 Å². The minimum atomic E-state index is -0.467. The Balaban J connectivity index is 1.71. The fourth-order valence-electron chi connectivity index (χ4n) is 4.10. The first-order valence-electron chi connectivity index (χ1n) is 8.61. The number of phenols is 1. The Morgan fingerprint density at radius 3 is 3.00 bits per heavy atom. The van der Waals surface area contributed by atoms with Gasteiger partial charge in [0.25, 0.3) is 0 Å². The molecule has 2 aliphatic rings. The molecule has 2 aromatic carbocycles. The number of phenolic OH excluding ortho intramolecular Hbond substituents is 1. The Labute approximate surface area is 149 Å². The lowest BCUT2D eigenvalue weighted by Gasteiger charge is -2.21. The van der Waals surface area contributed by atoms with Crippen LogP contribution in [0.2, 0.25) is 0 Å². The average molecular weight is 350 g/mol. The van der Waals surface area contributed by atoms with Crippen molar-refractivity contribution in [1.82, 2.24) is 10.3 Å². The minimum absolute atomic E-state index is 0.0415. The van der Waals surface area contributed by atoms with Crippen LogP contribution >= 0.6 is 0 Å². The first-order valence-corrected chi connectivity index (χ1v) is 8.61. The summed E-state index contributed by atoms with van der Waals surface area (Å²) in [5.41, 5.74) is 3.94. The number of hydrogen-bond acceptors (Lipinski definition) is 4. The van der Waals surface area contributed by atoms with Crippen molar-refractivity contribution >= 4 is 16.8 Å². The summed E-state index contributed by atoms with van der Waals surface area (Å²) in [6.07, 6.45) is 2.33. The van der Waals surface area contributed by atoms with Gasteiger partial charge in [-0.15, -0.1) is 0 Å². The molecule has 1 amide bonds. The average Bonchev–Trinajstić information content (AvgIpc) is 3.21. The Morgan fingerprint density at radius 2 is 2.15 bits per heavy atom. The van der Waals surface area contributed by atoms with E-state index in [1.807, 2.05) is 18.3 Å². The van der Waals surface area contributed by atoms with Crippen LogP contribution in [0.3, 0.4) is 0 Å². The monoisotopic (exact) mass is 350 g/mol. The Bertz CT molecular complexity index is 1040. The number of aromatic amines is 1. The number of hydrogen-bond donors (Lipinski definition) is 3. The number of rotatable bonds is 2. The Kier molecular flexibility index (Phi) is 3.16. The number of nitrogens with one attached hydrogen (secondary N) is 2. The molecular formula is C20H18N2O4. The number of carbonyl (C=O) groups is 1. The molecule has 132 valence electrons. The van der Waals surface area contributed by atoms with Gasteiger partial charge in [0.2, 0.25) is 5.91 Å². The van der Waals surface area contributed by atoms with Crippen LogP contribution in [0, 0.1) is 0 Å². The van der Waals surface area contributed by atoms with E-state index in [9.17, 15) is 9.90 Å². The first kappa shape index (κ1) is 15.1.